The van der Waals surface area contributed by atoms with E-state index in [1.807, 2.05) is 56.3 Å². The van der Waals surface area contributed by atoms with Crippen LogP contribution < -0.4 is 11.1 Å². The van der Waals surface area contributed by atoms with Crippen LogP contribution in [0.1, 0.15) is 43.6 Å². The van der Waals surface area contributed by atoms with Gasteiger partial charge in [0.25, 0.3) is 0 Å². The Bertz CT molecular complexity index is 726. The summed E-state index contributed by atoms with van der Waals surface area (Å²) in [6.07, 6.45) is 1.38. The molecule has 6 nitrogen and oxygen atoms in total. The molecule has 0 unspecified atom stereocenters. The molecule has 28 heavy (non-hydrogen) atoms. The lowest BCUT2D eigenvalue weighted by Crippen LogP contribution is -2.42. The Morgan fingerprint density at radius 2 is 1.68 bits per heavy atom. The Kier molecular flexibility index (Phi) is 12.0. The quantitative estimate of drug-likeness (QED) is 0.679. The molecule has 10 heteroatoms. The van der Waals surface area contributed by atoms with E-state index in [1.165, 1.54) is 0 Å². The first-order valence-corrected chi connectivity index (χ1v) is 8.01. The summed E-state index contributed by atoms with van der Waals surface area (Å²) < 4.78 is 5.26. The third kappa shape index (κ3) is 7.26. The molecule has 1 aliphatic rings. The number of nitrogens with one attached hydrogen (secondary N) is 1. The Labute approximate surface area is 190 Å². The molecule has 0 spiro atoms. The number of hydrogen-bond donors (Lipinski definition) is 2. The highest BCUT2D eigenvalue weighted by Gasteiger charge is 2.42. The molecule has 0 aliphatic heterocycles. The maximum atomic E-state index is 12.0. The maximum absolute atomic E-state index is 12.0. The number of carbonyl (C=O) groups excluding carboxylic acids is 1. The van der Waals surface area contributed by atoms with Crippen LogP contribution in [-0.2, 0) is 22.4 Å². The van der Waals surface area contributed by atoms with Crippen molar-refractivity contribution in [1.29, 1.82) is 0 Å². The van der Waals surface area contributed by atoms with E-state index in [1.54, 1.807) is 0 Å². The Balaban J connectivity index is 0. The molecule has 158 valence electrons. The van der Waals surface area contributed by atoms with Gasteiger partial charge in [0.05, 0.1) is 22.5 Å². The average molecular weight is 472 g/mol. The van der Waals surface area contributed by atoms with Crippen LogP contribution in [0.4, 0.5) is 4.79 Å². The molecule has 0 atom stereocenters. The third-order valence-electron chi connectivity index (χ3n) is 4.23. The van der Waals surface area contributed by atoms with Crippen molar-refractivity contribution in [3.8, 4) is 0 Å². The molecular weight excluding hydrogens is 446 g/mol. The van der Waals surface area contributed by atoms with Crippen molar-refractivity contribution >= 4 is 55.7 Å². The lowest BCUT2D eigenvalue weighted by atomic mass is 10.00. The lowest BCUT2D eigenvalue weighted by Gasteiger charge is -2.25. The number of amides is 1. The van der Waals surface area contributed by atoms with Crippen LogP contribution in [-0.4, -0.2) is 16.3 Å². The van der Waals surface area contributed by atoms with Gasteiger partial charge in [0.2, 0.25) is 0 Å². The molecule has 0 saturated heterocycles. The number of carbonyl (C=O) groups is 1. The second-order valence-electron chi connectivity index (χ2n) is 6.77. The van der Waals surface area contributed by atoms with Gasteiger partial charge in [-0.1, -0.05) is 30.3 Å². The van der Waals surface area contributed by atoms with E-state index in [2.05, 4.69) is 15.5 Å². The molecule has 1 fully saturated rings. The highest BCUT2D eigenvalue weighted by Crippen LogP contribution is 2.41. The van der Waals surface area contributed by atoms with Gasteiger partial charge in [-0.25, -0.2) is 4.79 Å². The molecular formula is C18H26Cl4N4O2. The van der Waals surface area contributed by atoms with Crippen molar-refractivity contribution in [2.45, 2.75) is 44.4 Å². The smallest absolute Gasteiger partial charge is 0.408 e. The van der Waals surface area contributed by atoms with Crippen LogP contribution in [0.15, 0.2) is 42.5 Å². The van der Waals surface area contributed by atoms with Gasteiger partial charge in [-0.05, 0) is 44.4 Å². The first-order chi connectivity index (χ1) is 11.4. The molecule has 3 rings (SSSR count). The summed E-state index contributed by atoms with van der Waals surface area (Å²) in [6, 6.07) is 13.3. The summed E-state index contributed by atoms with van der Waals surface area (Å²) in [5, 5.41) is 11.3. The fraction of sp³-hybridized carbons (Fsp3) is 0.389. The van der Waals surface area contributed by atoms with Gasteiger partial charge in [-0.2, -0.15) is 10.2 Å². The number of halogens is 4. The summed E-state index contributed by atoms with van der Waals surface area (Å²) in [5.41, 5.74) is 7.51. The van der Waals surface area contributed by atoms with Crippen molar-refractivity contribution in [3.63, 3.8) is 0 Å². The van der Waals surface area contributed by atoms with E-state index >= 15 is 0 Å². The summed E-state index contributed by atoms with van der Waals surface area (Å²) in [4.78, 5) is 12.0. The highest BCUT2D eigenvalue weighted by molar-refractivity contribution is 5.86. The predicted octanol–water partition coefficient (Wildman–Crippen LogP) is 4.27. The van der Waals surface area contributed by atoms with E-state index in [0.717, 1.165) is 24.1 Å². The highest BCUT2D eigenvalue weighted by atomic mass is 35.5. The van der Waals surface area contributed by atoms with Crippen LogP contribution in [0.3, 0.4) is 0 Å². The number of rotatable bonds is 5. The Morgan fingerprint density at radius 3 is 2.18 bits per heavy atom. The van der Waals surface area contributed by atoms with Crippen LogP contribution in [0, 0.1) is 0 Å². The zero-order valence-electron chi connectivity index (χ0n) is 15.6. The minimum atomic E-state index is -0.690. The SMILES string of the molecule is CC(C)(NC(=O)OCc1ccccc1)c1ccc(C2(N)CC2)nn1.Cl.Cl.Cl.Cl. The molecule has 0 bridgehead atoms. The van der Waals surface area contributed by atoms with E-state index in [-0.39, 0.29) is 61.8 Å². The monoisotopic (exact) mass is 470 g/mol. The number of ether oxygens (including phenoxy) is 1. The minimum absolute atomic E-state index is 0. The minimum Gasteiger partial charge on any atom is -0.445 e. The predicted molar refractivity (Wildman–Crippen MR) is 119 cm³/mol. The molecule has 3 N–H and O–H groups in total. The fourth-order valence-electron chi connectivity index (χ4n) is 2.40. The first kappa shape index (κ1) is 28.9. The number of nitrogens with zero attached hydrogens (tertiary/aromatic N) is 2. The zero-order valence-corrected chi connectivity index (χ0v) is 18.9. The normalized spacial score (nSPS) is 13.4. The fourth-order valence-corrected chi connectivity index (χ4v) is 2.40. The van der Waals surface area contributed by atoms with Crippen LogP contribution in [0.5, 0.6) is 0 Å². The number of nitrogens with two attached hydrogens (primary N) is 1. The zero-order chi connectivity index (χ0) is 17.2. The summed E-state index contributed by atoms with van der Waals surface area (Å²) in [7, 11) is 0. The number of benzene rings is 1. The topological polar surface area (TPSA) is 90.1 Å². The molecule has 0 radical (unpaired) electrons. The molecule has 1 aliphatic carbocycles. The maximum Gasteiger partial charge on any atom is 0.408 e. The largest absolute Gasteiger partial charge is 0.445 e. The van der Waals surface area contributed by atoms with Crippen LogP contribution >= 0.6 is 49.6 Å². The van der Waals surface area contributed by atoms with Crippen LogP contribution in [0.25, 0.3) is 0 Å². The molecule has 1 aromatic heterocycles. The van der Waals surface area contributed by atoms with Crippen LogP contribution in [0.2, 0.25) is 0 Å². The van der Waals surface area contributed by atoms with Gasteiger partial charge in [-0.3, -0.25) is 0 Å². The number of hydrogen-bond acceptors (Lipinski definition) is 5. The van der Waals surface area contributed by atoms with Gasteiger partial charge in [0.1, 0.15) is 6.61 Å². The molecule has 1 amide bonds. The number of alkyl carbamates (subject to hydrolysis) is 1. The molecule has 1 aromatic carbocycles. The van der Waals surface area contributed by atoms with E-state index in [9.17, 15) is 4.79 Å². The standard InChI is InChI=1S/C18H22N4O2.4ClH/c1-17(2,14-8-9-15(22-21-14)18(19)10-11-18)20-16(23)24-12-13-6-4-3-5-7-13;;;;/h3-9H,10-12,19H2,1-2H3,(H,20,23);4*1H. The van der Waals surface area contributed by atoms with E-state index in [4.69, 9.17) is 10.5 Å². The van der Waals surface area contributed by atoms with Gasteiger partial charge < -0.3 is 15.8 Å². The second-order valence-corrected chi connectivity index (χ2v) is 6.77. The van der Waals surface area contributed by atoms with Crippen molar-refractivity contribution in [2.75, 3.05) is 0 Å². The Hall–Kier alpha value is -1.31. The van der Waals surface area contributed by atoms with Crippen molar-refractivity contribution in [1.82, 2.24) is 15.5 Å². The van der Waals surface area contributed by atoms with Crippen molar-refractivity contribution in [3.05, 3.63) is 59.4 Å². The van der Waals surface area contributed by atoms with Gasteiger partial charge >= 0.3 is 6.09 Å². The van der Waals surface area contributed by atoms with E-state index in [0.29, 0.717) is 5.69 Å². The summed E-state index contributed by atoms with van der Waals surface area (Å²) in [5.74, 6) is 0. The average Bonchev–Trinajstić information content (AvgIpc) is 3.33. The molecule has 2 aromatic rings. The third-order valence-corrected chi connectivity index (χ3v) is 4.23. The summed E-state index contributed by atoms with van der Waals surface area (Å²) in [6.45, 7) is 3.94. The molecule has 1 saturated carbocycles. The Morgan fingerprint density at radius 1 is 1.07 bits per heavy atom. The van der Waals surface area contributed by atoms with Gasteiger partial charge in [-0.15, -0.1) is 49.6 Å². The van der Waals surface area contributed by atoms with E-state index < -0.39 is 11.6 Å². The first-order valence-electron chi connectivity index (χ1n) is 8.01. The molecule has 1 heterocycles. The van der Waals surface area contributed by atoms with Crippen molar-refractivity contribution in [2.24, 2.45) is 5.73 Å². The second kappa shape index (κ2) is 11.6. The number of aromatic nitrogens is 2. The summed E-state index contributed by atoms with van der Waals surface area (Å²) >= 11 is 0. The van der Waals surface area contributed by atoms with Gasteiger partial charge in [0, 0.05) is 0 Å². The lowest BCUT2D eigenvalue weighted by molar-refractivity contribution is 0.129. The van der Waals surface area contributed by atoms with Gasteiger partial charge in [0.15, 0.2) is 0 Å². The van der Waals surface area contributed by atoms with Crippen molar-refractivity contribution < 1.29 is 9.53 Å².